The number of carbonyl (C=O) groups is 1. The molecule has 132 valence electrons. The number of hydrogen-bond acceptors (Lipinski definition) is 7. The number of anilines is 1. The summed E-state index contributed by atoms with van der Waals surface area (Å²) in [5.41, 5.74) is -1.62. The van der Waals surface area contributed by atoms with Gasteiger partial charge in [-0.25, -0.2) is 9.89 Å². The van der Waals surface area contributed by atoms with Gasteiger partial charge >= 0.3 is 5.69 Å². The van der Waals surface area contributed by atoms with Gasteiger partial charge in [0, 0.05) is 51.9 Å². The van der Waals surface area contributed by atoms with Gasteiger partial charge in [-0.2, -0.15) is 10.2 Å². The van der Waals surface area contributed by atoms with Crippen molar-refractivity contribution in [3.8, 4) is 12.3 Å². The number of terminal acetylenes is 1. The first-order valence-electron chi connectivity index (χ1n) is 8.12. The Bertz CT molecular complexity index is 821. The predicted octanol–water partition coefficient (Wildman–Crippen LogP) is -0.537. The van der Waals surface area contributed by atoms with Crippen molar-refractivity contribution in [2.24, 2.45) is 10.2 Å². The average molecular weight is 345 g/mol. The topological polar surface area (TPSA) is 127 Å². The number of carbonyl (C=O) groups excluding carboxylic acids is 1. The fourth-order valence-electron chi connectivity index (χ4n) is 2.86. The van der Waals surface area contributed by atoms with E-state index in [0.717, 1.165) is 0 Å². The quantitative estimate of drug-likeness (QED) is 0.670. The Kier molecular flexibility index (Phi) is 4.65. The van der Waals surface area contributed by atoms with Gasteiger partial charge in [0.25, 0.3) is 5.56 Å². The van der Waals surface area contributed by atoms with Gasteiger partial charge in [-0.3, -0.25) is 14.6 Å². The van der Waals surface area contributed by atoms with E-state index in [-0.39, 0.29) is 11.7 Å². The van der Waals surface area contributed by atoms with Crippen molar-refractivity contribution in [3.05, 3.63) is 20.8 Å². The second kappa shape index (κ2) is 6.88. The fourth-order valence-corrected chi connectivity index (χ4v) is 2.86. The van der Waals surface area contributed by atoms with Crippen LogP contribution in [0.1, 0.15) is 25.7 Å². The minimum Gasteiger partial charge on any atom is -0.347 e. The Morgan fingerprint density at radius 3 is 2.52 bits per heavy atom. The lowest BCUT2D eigenvalue weighted by Crippen LogP contribution is -2.50. The number of amides is 1. The Labute approximate surface area is 143 Å². The van der Waals surface area contributed by atoms with Crippen molar-refractivity contribution in [3.63, 3.8) is 0 Å². The molecule has 2 aliphatic heterocycles. The summed E-state index contributed by atoms with van der Waals surface area (Å²) in [5.74, 6) is 2.77. The van der Waals surface area contributed by atoms with Gasteiger partial charge in [-0.1, -0.05) is 0 Å². The first-order chi connectivity index (χ1) is 12.0. The van der Waals surface area contributed by atoms with Crippen LogP contribution in [0.4, 0.5) is 5.82 Å². The Balaban J connectivity index is 1.49. The van der Waals surface area contributed by atoms with Crippen LogP contribution in [-0.2, 0) is 4.79 Å². The second-order valence-electron chi connectivity index (χ2n) is 6.08. The van der Waals surface area contributed by atoms with Crippen molar-refractivity contribution in [1.29, 1.82) is 0 Å². The molecule has 1 aromatic rings. The highest BCUT2D eigenvalue weighted by atomic mass is 16.2. The fraction of sp³-hybridized carbons (Fsp3) is 0.600. The summed E-state index contributed by atoms with van der Waals surface area (Å²) in [5, 5.41) is 14.1. The maximum atomic E-state index is 12.4. The van der Waals surface area contributed by atoms with Gasteiger partial charge in [0.15, 0.2) is 5.66 Å². The molecular weight excluding hydrogens is 326 g/mol. The number of H-pyrrole nitrogens is 2. The third kappa shape index (κ3) is 3.93. The molecule has 0 spiro atoms. The van der Waals surface area contributed by atoms with Crippen LogP contribution < -0.4 is 16.1 Å². The maximum absolute atomic E-state index is 12.4. The molecular formula is C15H19N7O3. The van der Waals surface area contributed by atoms with Crippen LogP contribution in [0.3, 0.4) is 0 Å². The lowest BCUT2D eigenvalue weighted by molar-refractivity contribution is -0.131. The Morgan fingerprint density at radius 2 is 1.92 bits per heavy atom. The summed E-state index contributed by atoms with van der Waals surface area (Å²) >= 11 is 0. The van der Waals surface area contributed by atoms with E-state index in [4.69, 9.17) is 6.42 Å². The van der Waals surface area contributed by atoms with Gasteiger partial charge in [0.1, 0.15) is 0 Å². The second-order valence-corrected chi connectivity index (χ2v) is 6.08. The molecule has 25 heavy (non-hydrogen) atoms. The number of rotatable bonds is 6. The molecule has 2 N–H and O–H groups in total. The number of nitrogens with one attached hydrogen (secondary N) is 2. The monoisotopic (exact) mass is 345 g/mol. The number of aromatic amines is 2. The molecule has 1 saturated heterocycles. The van der Waals surface area contributed by atoms with Gasteiger partial charge < -0.3 is 9.80 Å². The third-order valence-corrected chi connectivity index (χ3v) is 4.42. The van der Waals surface area contributed by atoms with Crippen molar-refractivity contribution in [2.75, 3.05) is 31.1 Å². The van der Waals surface area contributed by atoms with E-state index in [1.165, 1.54) is 0 Å². The lowest BCUT2D eigenvalue weighted by atomic mass is 10.0. The van der Waals surface area contributed by atoms with Crippen LogP contribution in [0, 0.1) is 12.3 Å². The van der Waals surface area contributed by atoms with Crippen LogP contribution in [0.25, 0.3) is 0 Å². The van der Waals surface area contributed by atoms with E-state index in [2.05, 4.69) is 31.3 Å². The van der Waals surface area contributed by atoms with E-state index in [0.29, 0.717) is 51.9 Å². The minimum atomic E-state index is -0.641. The zero-order valence-corrected chi connectivity index (χ0v) is 13.7. The molecule has 0 atom stereocenters. The molecule has 0 saturated carbocycles. The molecule has 10 heteroatoms. The van der Waals surface area contributed by atoms with Crippen LogP contribution in [-0.4, -0.2) is 57.8 Å². The lowest BCUT2D eigenvalue weighted by Gasteiger charge is -2.34. The normalized spacial score (nSPS) is 18.0. The summed E-state index contributed by atoms with van der Waals surface area (Å²) in [6.45, 7) is 1.94. The highest BCUT2D eigenvalue weighted by Crippen LogP contribution is 2.37. The summed E-state index contributed by atoms with van der Waals surface area (Å²) in [7, 11) is 0. The predicted molar refractivity (Wildman–Crippen MR) is 89.2 cm³/mol. The van der Waals surface area contributed by atoms with Crippen LogP contribution in [0.5, 0.6) is 0 Å². The molecule has 0 unspecified atom stereocenters. The number of aromatic nitrogens is 3. The van der Waals surface area contributed by atoms with E-state index in [1.807, 2.05) is 0 Å². The summed E-state index contributed by atoms with van der Waals surface area (Å²) in [6, 6.07) is 0. The molecule has 0 bridgehead atoms. The molecule has 3 rings (SSSR count). The first kappa shape index (κ1) is 16.9. The van der Waals surface area contributed by atoms with Crippen molar-refractivity contribution in [2.45, 2.75) is 31.3 Å². The Hall–Kier alpha value is -2.96. The standard InChI is InChI=1S/C15H19N7O3/c1-2-3-5-15(19-20-15)6-4-11(23)21-7-9-22(10-8-21)12-13(24)16-14(25)18-17-12/h1H,3-10H2,(H2,16,18,24,25). The van der Waals surface area contributed by atoms with Crippen LogP contribution in [0.15, 0.2) is 19.8 Å². The molecule has 2 aliphatic rings. The minimum absolute atomic E-state index is 0.0420. The Morgan fingerprint density at radius 1 is 1.20 bits per heavy atom. The highest BCUT2D eigenvalue weighted by Gasteiger charge is 2.39. The molecule has 3 heterocycles. The maximum Gasteiger partial charge on any atom is 0.342 e. The first-order valence-corrected chi connectivity index (χ1v) is 8.12. The SMILES string of the molecule is C#CCCC1(CCC(=O)N2CCN(c3n[nH]c(=O)[nH]c3=O)CC2)N=N1. The smallest absolute Gasteiger partial charge is 0.342 e. The highest BCUT2D eigenvalue weighted by molar-refractivity contribution is 5.76. The van der Waals surface area contributed by atoms with Crippen molar-refractivity contribution < 1.29 is 4.79 Å². The molecule has 0 aliphatic carbocycles. The van der Waals surface area contributed by atoms with Gasteiger partial charge in [-0.05, 0) is 0 Å². The zero-order valence-electron chi connectivity index (χ0n) is 13.7. The van der Waals surface area contributed by atoms with E-state index < -0.39 is 16.9 Å². The average Bonchev–Trinajstić information content (AvgIpc) is 3.38. The molecule has 0 aromatic carbocycles. The largest absolute Gasteiger partial charge is 0.347 e. The molecule has 1 aromatic heterocycles. The summed E-state index contributed by atoms with van der Waals surface area (Å²) in [6.07, 6.45) is 7.49. The van der Waals surface area contributed by atoms with Gasteiger partial charge in [0.2, 0.25) is 11.7 Å². The van der Waals surface area contributed by atoms with Gasteiger partial charge in [0.05, 0.1) is 0 Å². The molecule has 1 amide bonds. The van der Waals surface area contributed by atoms with E-state index in [1.54, 1.807) is 9.80 Å². The number of piperazine rings is 1. The molecule has 0 radical (unpaired) electrons. The van der Waals surface area contributed by atoms with Crippen molar-refractivity contribution >= 4 is 11.7 Å². The number of nitrogens with zero attached hydrogens (tertiary/aromatic N) is 5. The van der Waals surface area contributed by atoms with Crippen molar-refractivity contribution in [1.82, 2.24) is 20.1 Å². The zero-order chi connectivity index (χ0) is 17.9. The van der Waals surface area contributed by atoms with Crippen LogP contribution in [0.2, 0.25) is 0 Å². The van der Waals surface area contributed by atoms with E-state index >= 15 is 0 Å². The molecule has 1 fully saturated rings. The summed E-state index contributed by atoms with van der Waals surface area (Å²) < 4.78 is 0. The molecule has 10 nitrogen and oxygen atoms in total. The number of hydrogen-bond donors (Lipinski definition) is 2. The third-order valence-electron chi connectivity index (χ3n) is 4.42. The van der Waals surface area contributed by atoms with Gasteiger partial charge in [-0.15, -0.1) is 17.4 Å². The summed E-state index contributed by atoms with van der Waals surface area (Å²) in [4.78, 5) is 40.8. The van der Waals surface area contributed by atoms with E-state index in [9.17, 15) is 14.4 Å². The van der Waals surface area contributed by atoms with Crippen LogP contribution >= 0.6 is 0 Å².